The Morgan fingerprint density at radius 1 is 1.19 bits per heavy atom. The van der Waals surface area contributed by atoms with Gasteiger partial charge in [-0.05, 0) is 11.8 Å². The van der Waals surface area contributed by atoms with Crippen molar-refractivity contribution in [3.63, 3.8) is 0 Å². The van der Waals surface area contributed by atoms with Crippen molar-refractivity contribution >= 4 is 21.8 Å². The van der Waals surface area contributed by atoms with Crippen molar-refractivity contribution in [2.75, 3.05) is 6.54 Å². The van der Waals surface area contributed by atoms with E-state index in [0.717, 1.165) is 19.4 Å². The Labute approximate surface area is 109 Å². The van der Waals surface area contributed by atoms with E-state index in [0.29, 0.717) is 16.7 Å². The minimum Gasteiger partial charge on any atom is -0.355 e. The Bertz CT molecular complexity index is 202. The minimum absolute atomic E-state index is 0.0985. The molecule has 2 atom stereocenters. The quantitative estimate of drug-likeness (QED) is 0.714. The SMILES string of the molecule is CCC(CC)C(Br)CNC(=O)C(C)C(C)C. The van der Waals surface area contributed by atoms with Crippen LogP contribution in [0.5, 0.6) is 0 Å². The van der Waals surface area contributed by atoms with E-state index in [2.05, 4.69) is 48.9 Å². The van der Waals surface area contributed by atoms with Gasteiger partial charge in [0.05, 0.1) is 0 Å². The topological polar surface area (TPSA) is 29.1 Å². The predicted octanol–water partition coefficient (Wildman–Crippen LogP) is 3.59. The van der Waals surface area contributed by atoms with Crippen molar-refractivity contribution in [1.29, 1.82) is 0 Å². The van der Waals surface area contributed by atoms with Gasteiger partial charge in [-0.25, -0.2) is 0 Å². The summed E-state index contributed by atoms with van der Waals surface area (Å²) in [4.78, 5) is 12.2. The Morgan fingerprint density at radius 3 is 2.06 bits per heavy atom. The third-order valence-corrected chi connectivity index (χ3v) is 4.52. The van der Waals surface area contributed by atoms with Gasteiger partial charge in [0.1, 0.15) is 0 Å². The van der Waals surface area contributed by atoms with E-state index in [-0.39, 0.29) is 11.8 Å². The van der Waals surface area contributed by atoms with Crippen LogP contribution in [0, 0.1) is 17.8 Å². The van der Waals surface area contributed by atoms with Crippen molar-refractivity contribution in [3.8, 4) is 0 Å². The zero-order valence-electron chi connectivity index (χ0n) is 11.2. The fourth-order valence-electron chi connectivity index (χ4n) is 1.63. The maximum atomic E-state index is 11.8. The van der Waals surface area contributed by atoms with Crippen LogP contribution in [0.1, 0.15) is 47.5 Å². The molecule has 1 amide bonds. The van der Waals surface area contributed by atoms with E-state index in [1.165, 1.54) is 0 Å². The molecule has 0 aromatic rings. The van der Waals surface area contributed by atoms with E-state index in [1.54, 1.807) is 0 Å². The summed E-state index contributed by atoms with van der Waals surface area (Å²) < 4.78 is 0. The molecule has 16 heavy (non-hydrogen) atoms. The van der Waals surface area contributed by atoms with Gasteiger partial charge in [-0.15, -0.1) is 0 Å². The number of hydrogen-bond donors (Lipinski definition) is 1. The van der Waals surface area contributed by atoms with E-state index in [4.69, 9.17) is 0 Å². The van der Waals surface area contributed by atoms with Crippen LogP contribution >= 0.6 is 15.9 Å². The van der Waals surface area contributed by atoms with Gasteiger partial charge in [0.15, 0.2) is 0 Å². The van der Waals surface area contributed by atoms with Gasteiger partial charge in [-0.2, -0.15) is 0 Å². The number of halogens is 1. The monoisotopic (exact) mass is 291 g/mol. The van der Waals surface area contributed by atoms with Gasteiger partial charge in [0.2, 0.25) is 5.91 Å². The summed E-state index contributed by atoms with van der Waals surface area (Å²) >= 11 is 3.66. The standard InChI is InChI=1S/C13H26BrNO/c1-6-11(7-2)12(14)8-15-13(16)10(5)9(3)4/h9-12H,6-8H2,1-5H3,(H,15,16). The van der Waals surface area contributed by atoms with Crippen molar-refractivity contribution in [2.24, 2.45) is 17.8 Å². The molecule has 2 unspecified atom stereocenters. The highest BCUT2D eigenvalue weighted by Crippen LogP contribution is 2.19. The Hall–Kier alpha value is -0.0500. The Balaban J connectivity index is 4.00. The first-order valence-electron chi connectivity index (χ1n) is 6.35. The molecule has 0 heterocycles. The summed E-state index contributed by atoms with van der Waals surface area (Å²) in [6.45, 7) is 11.3. The van der Waals surface area contributed by atoms with Crippen LogP contribution in [0.4, 0.5) is 0 Å². The molecule has 0 aliphatic heterocycles. The van der Waals surface area contributed by atoms with E-state index in [1.807, 2.05) is 6.92 Å². The van der Waals surface area contributed by atoms with Crippen LogP contribution in [0.25, 0.3) is 0 Å². The van der Waals surface area contributed by atoms with Crippen LogP contribution < -0.4 is 5.32 Å². The summed E-state index contributed by atoms with van der Waals surface area (Å²) in [5.41, 5.74) is 0. The smallest absolute Gasteiger partial charge is 0.223 e. The second-order valence-corrected chi connectivity index (χ2v) is 6.05. The second kappa shape index (κ2) is 8.10. The molecule has 0 radical (unpaired) electrons. The highest BCUT2D eigenvalue weighted by molar-refractivity contribution is 9.09. The van der Waals surface area contributed by atoms with Gasteiger partial charge in [-0.1, -0.05) is 63.4 Å². The molecule has 0 aromatic carbocycles. The average Bonchev–Trinajstić information content (AvgIpc) is 2.26. The first-order chi connectivity index (χ1) is 7.43. The maximum absolute atomic E-state index is 11.8. The van der Waals surface area contributed by atoms with Crippen LogP contribution in [-0.4, -0.2) is 17.3 Å². The fraction of sp³-hybridized carbons (Fsp3) is 0.923. The van der Waals surface area contributed by atoms with Crippen molar-refractivity contribution in [1.82, 2.24) is 5.32 Å². The number of rotatable bonds is 7. The van der Waals surface area contributed by atoms with Crippen molar-refractivity contribution in [2.45, 2.75) is 52.3 Å². The number of carbonyl (C=O) groups is 1. The average molecular weight is 292 g/mol. The lowest BCUT2D eigenvalue weighted by Crippen LogP contribution is -2.37. The molecule has 1 N–H and O–H groups in total. The normalized spacial score (nSPS) is 15.2. The summed E-state index contributed by atoms with van der Waals surface area (Å²) in [5.74, 6) is 1.32. The molecule has 0 rings (SSSR count). The lowest BCUT2D eigenvalue weighted by molar-refractivity contribution is -0.125. The molecule has 0 aromatic heterocycles. The number of carbonyl (C=O) groups excluding carboxylic acids is 1. The molecule has 0 fully saturated rings. The third kappa shape index (κ3) is 5.33. The molecule has 0 saturated carbocycles. The lowest BCUT2D eigenvalue weighted by Gasteiger charge is -2.22. The molecule has 0 bridgehead atoms. The zero-order valence-corrected chi connectivity index (χ0v) is 12.8. The van der Waals surface area contributed by atoms with Crippen molar-refractivity contribution in [3.05, 3.63) is 0 Å². The Morgan fingerprint density at radius 2 is 1.69 bits per heavy atom. The summed E-state index contributed by atoms with van der Waals surface area (Å²) in [5, 5.41) is 3.03. The first-order valence-corrected chi connectivity index (χ1v) is 7.27. The van der Waals surface area contributed by atoms with E-state index < -0.39 is 0 Å². The van der Waals surface area contributed by atoms with Gasteiger partial charge < -0.3 is 5.32 Å². The van der Waals surface area contributed by atoms with Crippen LogP contribution in [0.2, 0.25) is 0 Å². The number of amides is 1. The molecular formula is C13H26BrNO. The number of nitrogens with one attached hydrogen (secondary N) is 1. The lowest BCUT2D eigenvalue weighted by atomic mass is 9.96. The molecule has 0 aliphatic rings. The summed E-state index contributed by atoms with van der Waals surface area (Å²) in [6, 6.07) is 0. The van der Waals surface area contributed by atoms with Crippen molar-refractivity contribution < 1.29 is 4.79 Å². The zero-order chi connectivity index (χ0) is 12.7. The molecule has 3 heteroatoms. The molecule has 0 aliphatic carbocycles. The minimum atomic E-state index is 0.0985. The third-order valence-electron chi connectivity index (χ3n) is 3.45. The maximum Gasteiger partial charge on any atom is 0.223 e. The van der Waals surface area contributed by atoms with Crippen LogP contribution in [0.15, 0.2) is 0 Å². The largest absolute Gasteiger partial charge is 0.355 e. The molecular weight excluding hydrogens is 266 g/mol. The summed E-state index contributed by atoms with van der Waals surface area (Å²) in [7, 11) is 0. The molecule has 2 nitrogen and oxygen atoms in total. The fourth-order valence-corrected chi connectivity index (χ4v) is 2.54. The van der Waals surface area contributed by atoms with Gasteiger partial charge >= 0.3 is 0 Å². The van der Waals surface area contributed by atoms with E-state index >= 15 is 0 Å². The predicted molar refractivity (Wildman–Crippen MR) is 73.8 cm³/mol. The van der Waals surface area contributed by atoms with Gasteiger partial charge in [-0.3, -0.25) is 4.79 Å². The highest BCUT2D eigenvalue weighted by Gasteiger charge is 2.19. The first kappa shape index (κ1) is 16.0. The highest BCUT2D eigenvalue weighted by atomic mass is 79.9. The van der Waals surface area contributed by atoms with Gasteiger partial charge in [0.25, 0.3) is 0 Å². The van der Waals surface area contributed by atoms with E-state index in [9.17, 15) is 4.79 Å². The number of alkyl halides is 1. The number of hydrogen-bond acceptors (Lipinski definition) is 1. The van der Waals surface area contributed by atoms with Crippen LogP contribution in [0.3, 0.4) is 0 Å². The molecule has 0 saturated heterocycles. The molecule has 0 spiro atoms. The second-order valence-electron chi connectivity index (χ2n) is 4.87. The summed E-state index contributed by atoms with van der Waals surface area (Å²) in [6.07, 6.45) is 2.31. The Kier molecular flexibility index (Phi) is 8.08. The van der Waals surface area contributed by atoms with Crippen LogP contribution in [-0.2, 0) is 4.79 Å². The molecule has 96 valence electrons. The van der Waals surface area contributed by atoms with Gasteiger partial charge in [0, 0.05) is 17.3 Å².